The first-order valence-corrected chi connectivity index (χ1v) is 8.44. The number of likely N-dealkylation sites (N-methyl/N-ethyl adjacent to an activating group) is 1. The lowest BCUT2D eigenvalue weighted by atomic mass is 10.0. The zero-order valence-corrected chi connectivity index (χ0v) is 14.8. The maximum atomic E-state index is 6.43. The van der Waals surface area contributed by atoms with E-state index in [9.17, 15) is 0 Å². The van der Waals surface area contributed by atoms with Crippen LogP contribution in [0.1, 0.15) is 34.2 Å². The van der Waals surface area contributed by atoms with Gasteiger partial charge in [-0.05, 0) is 51.1 Å². The number of oxazole rings is 1. The molecule has 3 heterocycles. The van der Waals surface area contributed by atoms with Gasteiger partial charge in [-0.3, -0.25) is 0 Å². The zero-order valence-electron chi connectivity index (χ0n) is 14.0. The fourth-order valence-electron chi connectivity index (χ4n) is 3.22. The highest BCUT2D eigenvalue weighted by atomic mass is 35.5. The lowest BCUT2D eigenvalue weighted by Gasteiger charge is -2.12. The second-order valence-electron chi connectivity index (χ2n) is 6.36. The van der Waals surface area contributed by atoms with Gasteiger partial charge in [0.1, 0.15) is 17.1 Å². The number of furan rings is 1. The number of halogens is 1. The van der Waals surface area contributed by atoms with Gasteiger partial charge >= 0.3 is 0 Å². The van der Waals surface area contributed by atoms with Gasteiger partial charge in [0.25, 0.3) is 0 Å². The molecule has 1 aromatic carbocycles. The number of aryl methyl sites for hydroxylation is 2. The monoisotopic (exact) mass is 342 g/mol. The van der Waals surface area contributed by atoms with Crippen LogP contribution in [0.3, 0.4) is 0 Å². The van der Waals surface area contributed by atoms with E-state index < -0.39 is 0 Å². The molecule has 0 radical (unpaired) electrons. The summed E-state index contributed by atoms with van der Waals surface area (Å²) in [5, 5.41) is 1.97. The molecule has 0 amide bonds. The van der Waals surface area contributed by atoms with Crippen molar-refractivity contribution < 1.29 is 8.83 Å². The van der Waals surface area contributed by atoms with Gasteiger partial charge in [-0.15, -0.1) is 0 Å². The third kappa shape index (κ3) is 2.56. The summed E-state index contributed by atoms with van der Waals surface area (Å²) in [6, 6.07) is 3.87. The number of nitrogens with zero attached hydrogens (tertiary/aromatic N) is 2. The predicted octanol–water partition coefficient (Wildman–Crippen LogP) is 4.85. The zero-order chi connectivity index (χ0) is 16.8. The van der Waals surface area contributed by atoms with Gasteiger partial charge in [-0.2, -0.15) is 0 Å². The Morgan fingerprint density at radius 2 is 2.00 bits per heavy atom. The fraction of sp³-hybridized carbons (Fsp3) is 0.316. The largest absolute Gasteiger partial charge is 0.456 e. The Morgan fingerprint density at radius 3 is 2.75 bits per heavy atom. The SMILES string of the molecule is Cc1nc(C=Cc2oc3ccc(Cl)c4c3c2CN(C)CC4)oc1C. The molecule has 0 saturated carbocycles. The molecule has 3 aromatic rings. The van der Waals surface area contributed by atoms with Crippen molar-refractivity contribution in [3.8, 4) is 0 Å². The topological polar surface area (TPSA) is 42.4 Å². The first kappa shape index (κ1) is 15.5. The number of aromatic nitrogens is 1. The van der Waals surface area contributed by atoms with Gasteiger partial charge in [0.05, 0.1) is 5.69 Å². The molecule has 0 atom stereocenters. The van der Waals surface area contributed by atoms with Crippen LogP contribution in [0.2, 0.25) is 5.02 Å². The Kier molecular flexibility index (Phi) is 3.74. The van der Waals surface area contributed by atoms with E-state index in [1.165, 1.54) is 11.1 Å². The second kappa shape index (κ2) is 5.80. The maximum Gasteiger partial charge on any atom is 0.219 e. The van der Waals surface area contributed by atoms with Crippen LogP contribution >= 0.6 is 11.6 Å². The molecule has 0 unspecified atom stereocenters. The number of benzene rings is 1. The summed E-state index contributed by atoms with van der Waals surface area (Å²) in [4.78, 5) is 6.68. The quantitative estimate of drug-likeness (QED) is 0.667. The molecule has 0 aliphatic carbocycles. The Labute approximate surface area is 145 Å². The first-order valence-electron chi connectivity index (χ1n) is 8.06. The summed E-state index contributed by atoms with van der Waals surface area (Å²) >= 11 is 6.43. The normalized spacial score (nSPS) is 15.5. The summed E-state index contributed by atoms with van der Waals surface area (Å²) in [7, 11) is 2.12. The van der Waals surface area contributed by atoms with Crippen molar-refractivity contribution in [3.63, 3.8) is 0 Å². The first-order chi connectivity index (χ1) is 11.5. The van der Waals surface area contributed by atoms with Crippen LogP contribution in [0, 0.1) is 13.8 Å². The Morgan fingerprint density at radius 1 is 1.17 bits per heavy atom. The maximum absolute atomic E-state index is 6.43. The third-order valence-corrected chi connectivity index (χ3v) is 4.98. The molecule has 4 rings (SSSR count). The molecule has 5 heteroatoms. The average molecular weight is 343 g/mol. The molecule has 0 spiro atoms. The van der Waals surface area contributed by atoms with Crippen LogP contribution in [-0.2, 0) is 13.0 Å². The van der Waals surface area contributed by atoms with E-state index in [1.807, 2.05) is 38.1 Å². The summed E-state index contributed by atoms with van der Waals surface area (Å²) < 4.78 is 11.7. The molecular weight excluding hydrogens is 324 g/mol. The molecule has 124 valence electrons. The molecule has 1 aliphatic rings. The Balaban J connectivity index is 1.83. The molecule has 0 fully saturated rings. The van der Waals surface area contributed by atoms with Crippen LogP contribution in [0.15, 0.2) is 21.0 Å². The minimum Gasteiger partial charge on any atom is -0.456 e. The van der Waals surface area contributed by atoms with Crippen molar-refractivity contribution in [2.75, 3.05) is 13.6 Å². The number of rotatable bonds is 2. The van der Waals surface area contributed by atoms with Gasteiger partial charge < -0.3 is 13.7 Å². The van der Waals surface area contributed by atoms with Gasteiger partial charge in [0, 0.05) is 35.1 Å². The van der Waals surface area contributed by atoms with Crippen molar-refractivity contribution in [3.05, 3.63) is 51.4 Å². The molecule has 2 aromatic heterocycles. The van der Waals surface area contributed by atoms with Crippen LogP contribution < -0.4 is 0 Å². The van der Waals surface area contributed by atoms with Crippen molar-refractivity contribution in [1.29, 1.82) is 0 Å². The highest BCUT2D eigenvalue weighted by Gasteiger charge is 2.22. The summed E-state index contributed by atoms with van der Waals surface area (Å²) in [6.07, 6.45) is 4.73. The summed E-state index contributed by atoms with van der Waals surface area (Å²) in [6.45, 7) is 5.67. The standard InChI is InChI=1S/C19H19ClN2O2/c1-11-12(2)23-18(21-11)7-6-16-14-10-22(3)9-8-13-15(20)4-5-17(24-16)19(13)14/h4-7H,8-10H2,1-3H3. The van der Waals surface area contributed by atoms with Gasteiger partial charge in [0.15, 0.2) is 0 Å². The molecule has 0 saturated heterocycles. The predicted molar refractivity (Wildman–Crippen MR) is 96.2 cm³/mol. The van der Waals surface area contributed by atoms with Crippen molar-refractivity contribution in [1.82, 2.24) is 9.88 Å². The van der Waals surface area contributed by atoms with E-state index in [4.69, 9.17) is 20.4 Å². The van der Waals surface area contributed by atoms with Crippen molar-refractivity contribution >= 4 is 34.7 Å². The van der Waals surface area contributed by atoms with Crippen molar-refractivity contribution in [2.45, 2.75) is 26.8 Å². The second-order valence-corrected chi connectivity index (χ2v) is 6.77. The minimum absolute atomic E-state index is 0.595. The van der Waals surface area contributed by atoms with E-state index >= 15 is 0 Å². The molecule has 4 nitrogen and oxygen atoms in total. The van der Waals surface area contributed by atoms with E-state index in [0.717, 1.165) is 52.7 Å². The van der Waals surface area contributed by atoms with Crippen LogP contribution in [-0.4, -0.2) is 23.5 Å². The summed E-state index contributed by atoms with van der Waals surface area (Å²) in [5.41, 5.74) is 4.16. The number of hydrogen-bond acceptors (Lipinski definition) is 4. The highest BCUT2D eigenvalue weighted by molar-refractivity contribution is 6.32. The molecule has 24 heavy (non-hydrogen) atoms. The number of hydrogen-bond donors (Lipinski definition) is 0. The van der Waals surface area contributed by atoms with Crippen molar-refractivity contribution in [2.24, 2.45) is 0 Å². The molecule has 0 bridgehead atoms. The van der Waals surface area contributed by atoms with Crippen LogP contribution in [0.25, 0.3) is 23.1 Å². The van der Waals surface area contributed by atoms with Gasteiger partial charge in [-0.25, -0.2) is 4.98 Å². The van der Waals surface area contributed by atoms with E-state index in [-0.39, 0.29) is 0 Å². The van der Waals surface area contributed by atoms with E-state index in [2.05, 4.69) is 16.9 Å². The lowest BCUT2D eigenvalue weighted by Crippen LogP contribution is -2.18. The average Bonchev–Trinajstić information content (AvgIpc) is 2.98. The lowest BCUT2D eigenvalue weighted by molar-refractivity contribution is 0.334. The summed E-state index contributed by atoms with van der Waals surface area (Å²) in [5.74, 6) is 2.28. The molecule has 0 N–H and O–H groups in total. The van der Waals surface area contributed by atoms with Gasteiger partial charge in [0.2, 0.25) is 5.89 Å². The minimum atomic E-state index is 0.595. The molecule has 1 aliphatic heterocycles. The Bertz CT molecular complexity index is 933. The van der Waals surface area contributed by atoms with Gasteiger partial charge in [-0.1, -0.05) is 11.6 Å². The van der Waals surface area contributed by atoms with Crippen LogP contribution in [0.4, 0.5) is 0 Å². The van der Waals surface area contributed by atoms with E-state index in [0.29, 0.717) is 5.89 Å². The highest BCUT2D eigenvalue weighted by Crippen LogP contribution is 2.36. The van der Waals surface area contributed by atoms with E-state index in [1.54, 1.807) is 0 Å². The Hall–Kier alpha value is -2.04. The smallest absolute Gasteiger partial charge is 0.219 e. The van der Waals surface area contributed by atoms with Crippen LogP contribution in [0.5, 0.6) is 0 Å². The fourth-order valence-corrected chi connectivity index (χ4v) is 3.48. The molecular formula is C19H19ClN2O2. The third-order valence-electron chi connectivity index (χ3n) is 4.63.